The van der Waals surface area contributed by atoms with Gasteiger partial charge < -0.3 is 15.4 Å². The van der Waals surface area contributed by atoms with Crippen molar-refractivity contribution in [1.82, 2.24) is 10.6 Å². The van der Waals surface area contributed by atoms with Gasteiger partial charge in [-0.05, 0) is 57.4 Å². The Balaban J connectivity index is 2.50. The monoisotopic (exact) mass is 340 g/mol. The molecule has 1 aromatic rings. The molecule has 0 saturated heterocycles. The smallest absolute Gasteiger partial charge is 0.407 e. The lowest BCUT2D eigenvalue weighted by molar-refractivity contribution is 0.0521. The maximum absolute atomic E-state index is 11.8. The third kappa shape index (κ3) is 8.24. The summed E-state index contributed by atoms with van der Waals surface area (Å²) < 4.78 is 5.27. The molecule has 0 aliphatic rings. The van der Waals surface area contributed by atoms with Crippen molar-refractivity contribution >= 4 is 17.7 Å². The fourth-order valence-corrected chi connectivity index (χ4v) is 2.48. The van der Waals surface area contributed by atoms with E-state index in [1.165, 1.54) is 11.1 Å². The van der Waals surface area contributed by atoms with E-state index in [2.05, 4.69) is 24.5 Å². The lowest BCUT2D eigenvalue weighted by atomic mass is 10.1. The number of hydrogen-bond acceptors (Lipinski definition) is 3. The van der Waals surface area contributed by atoms with E-state index in [4.69, 9.17) is 16.3 Å². The molecular formula is C18H29ClN2O2. The summed E-state index contributed by atoms with van der Waals surface area (Å²) in [6.07, 6.45) is 1.67. The van der Waals surface area contributed by atoms with Gasteiger partial charge in [0.25, 0.3) is 0 Å². The number of carbonyl (C=O) groups is 1. The summed E-state index contributed by atoms with van der Waals surface area (Å²) in [7, 11) is 0. The summed E-state index contributed by atoms with van der Waals surface area (Å²) in [5.74, 6) is 0. The Bertz CT molecular complexity index is 512. The molecule has 1 amide bonds. The molecule has 5 heteroatoms. The van der Waals surface area contributed by atoms with Gasteiger partial charge in [0.1, 0.15) is 5.60 Å². The molecule has 0 saturated carbocycles. The normalized spacial score (nSPS) is 12.8. The summed E-state index contributed by atoms with van der Waals surface area (Å²) >= 11 is 5.98. The van der Waals surface area contributed by atoms with Crippen molar-refractivity contribution < 1.29 is 9.53 Å². The van der Waals surface area contributed by atoms with Crippen LogP contribution < -0.4 is 10.6 Å². The molecule has 1 unspecified atom stereocenters. The molecule has 1 aromatic carbocycles. The predicted molar refractivity (Wildman–Crippen MR) is 96.0 cm³/mol. The predicted octanol–water partition coefficient (Wildman–Crippen LogP) is 4.43. The molecule has 23 heavy (non-hydrogen) atoms. The fourth-order valence-electron chi connectivity index (χ4n) is 2.26. The largest absolute Gasteiger partial charge is 0.444 e. The van der Waals surface area contributed by atoms with Crippen LogP contribution >= 0.6 is 11.6 Å². The van der Waals surface area contributed by atoms with Crippen LogP contribution in [0.1, 0.15) is 51.7 Å². The van der Waals surface area contributed by atoms with Gasteiger partial charge in [0, 0.05) is 24.2 Å². The zero-order valence-corrected chi connectivity index (χ0v) is 15.6. The minimum atomic E-state index is -0.474. The maximum Gasteiger partial charge on any atom is 0.407 e. The molecule has 0 aliphatic carbocycles. The van der Waals surface area contributed by atoms with E-state index >= 15 is 0 Å². The molecule has 0 aromatic heterocycles. The highest BCUT2D eigenvalue weighted by Crippen LogP contribution is 2.15. The Kier molecular flexibility index (Phi) is 7.86. The first-order valence-corrected chi connectivity index (χ1v) is 8.54. The number of ether oxygens (including phenoxy) is 1. The number of amides is 1. The summed E-state index contributed by atoms with van der Waals surface area (Å²) in [6, 6.07) is 6.11. The number of benzene rings is 1. The highest BCUT2D eigenvalue weighted by molar-refractivity contribution is 6.30. The van der Waals surface area contributed by atoms with Crippen molar-refractivity contribution in [3.05, 3.63) is 34.3 Å². The third-order valence-corrected chi connectivity index (χ3v) is 3.65. The van der Waals surface area contributed by atoms with Gasteiger partial charge in [-0.2, -0.15) is 0 Å². The summed E-state index contributed by atoms with van der Waals surface area (Å²) in [5, 5.41) is 7.09. The lowest BCUT2D eigenvalue weighted by Crippen LogP contribution is -2.42. The first kappa shape index (κ1) is 19.8. The Morgan fingerprint density at radius 3 is 2.61 bits per heavy atom. The van der Waals surface area contributed by atoms with Crippen molar-refractivity contribution in [2.75, 3.05) is 6.54 Å². The molecule has 0 heterocycles. The van der Waals surface area contributed by atoms with Crippen molar-refractivity contribution in [2.45, 2.75) is 65.6 Å². The zero-order valence-electron chi connectivity index (χ0n) is 14.8. The summed E-state index contributed by atoms with van der Waals surface area (Å²) in [5.41, 5.74) is 1.91. The van der Waals surface area contributed by atoms with E-state index in [9.17, 15) is 4.79 Å². The van der Waals surface area contributed by atoms with E-state index in [1.807, 2.05) is 39.0 Å². The van der Waals surface area contributed by atoms with Crippen molar-refractivity contribution in [3.8, 4) is 0 Å². The molecular weight excluding hydrogens is 312 g/mol. The molecule has 130 valence electrons. The van der Waals surface area contributed by atoms with E-state index in [-0.39, 0.29) is 12.1 Å². The molecule has 4 nitrogen and oxygen atoms in total. The average molecular weight is 341 g/mol. The number of alkyl carbamates (subject to hydrolysis) is 1. The number of nitrogens with one attached hydrogen (secondary N) is 2. The van der Waals surface area contributed by atoms with Crippen LogP contribution in [-0.4, -0.2) is 24.3 Å². The van der Waals surface area contributed by atoms with Gasteiger partial charge in [0.15, 0.2) is 0 Å². The van der Waals surface area contributed by atoms with Gasteiger partial charge in [-0.15, -0.1) is 0 Å². The van der Waals surface area contributed by atoms with Crippen LogP contribution in [0.3, 0.4) is 0 Å². The maximum atomic E-state index is 11.8. The Morgan fingerprint density at radius 2 is 2.04 bits per heavy atom. The van der Waals surface area contributed by atoms with E-state index in [1.54, 1.807) is 0 Å². The molecule has 1 atom stereocenters. The second-order valence-electron chi connectivity index (χ2n) is 6.82. The molecule has 0 aliphatic heterocycles. The van der Waals surface area contributed by atoms with Crippen molar-refractivity contribution in [2.24, 2.45) is 0 Å². The average Bonchev–Trinajstić information content (AvgIpc) is 2.41. The minimum absolute atomic E-state index is 0.211. The van der Waals surface area contributed by atoms with Crippen molar-refractivity contribution in [1.29, 1.82) is 0 Å². The highest BCUT2D eigenvalue weighted by Gasteiger charge is 2.17. The van der Waals surface area contributed by atoms with Gasteiger partial charge >= 0.3 is 6.09 Å². The van der Waals surface area contributed by atoms with Crippen LogP contribution in [0, 0.1) is 6.92 Å². The topological polar surface area (TPSA) is 50.4 Å². The van der Waals surface area contributed by atoms with E-state index < -0.39 is 5.60 Å². The number of carbonyl (C=O) groups excluding carboxylic acids is 1. The lowest BCUT2D eigenvalue weighted by Gasteiger charge is -2.23. The number of rotatable bonds is 7. The van der Waals surface area contributed by atoms with Crippen LogP contribution in [0.25, 0.3) is 0 Å². The number of aryl methyl sites for hydroxylation is 1. The first-order valence-electron chi connectivity index (χ1n) is 8.16. The molecule has 2 N–H and O–H groups in total. The Labute approximate surface area is 144 Å². The molecule has 0 fully saturated rings. The highest BCUT2D eigenvalue weighted by atomic mass is 35.5. The van der Waals surface area contributed by atoms with Gasteiger partial charge in [0.05, 0.1) is 0 Å². The minimum Gasteiger partial charge on any atom is -0.444 e. The van der Waals surface area contributed by atoms with Gasteiger partial charge in [0.2, 0.25) is 0 Å². The second kappa shape index (κ2) is 9.14. The van der Waals surface area contributed by atoms with Gasteiger partial charge in [-0.3, -0.25) is 0 Å². The standard InChI is InChI=1S/C18H29ClN2O2/c1-6-7-16(12-21-17(22)23-18(3,4)5)20-11-14-8-9-15(19)10-13(14)2/h8-10,16,20H,6-7,11-12H2,1-5H3,(H,21,22). The summed E-state index contributed by atoms with van der Waals surface area (Å²) in [4.78, 5) is 11.8. The molecule has 1 rings (SSSR count). The first-order chi connectivity index (χ1) is 10.7. The third-order valence-electron chi connectivity index (χ3n) is 3.41. The zero-order chi connectivity index (χ0) is 17.5. The Morgan fingerprint density at radius 1 is 1.35 bits per heavy atom. The summed E-state index contributed by atoms with van der Waals surface area (Å²) in [6.45, 7) is 11.1. The molecule has 0 spiro atoms. The quantitative estimate of drug-likeness (QED) is 0.771. The molecule has 0 radical (unpaired) electrons. The van der Waals surface area contributed by atoms with Gasteiger partial charge in [-0.1, -0.05) is 31.0 Å². The SMILES string of the molecule is CCCC(CNC(=O)OC(C)(C)C)NCc1ccc(Cl)cc1C. The van der Waals surface area contributed by atoms with Gasteiger partial charge in [-0.25, -0.2) is 4.79 Å². The van der Waals surface area contributed by atoms with E-state index in [0.717, 1.165) is 24.4 Å². The van der Waals surface area contributed by atoms with Crippen LogP contribution in [0.5, 0.6) is 0 Å². The van der Waals surface area contributed by atoms with Crippen LogP contribution in [0.15, 0.2) is 18.2 Å². The Hall–Kier alpha value is -1.26. The van der Waals surface area contributed by atoms with Crippen LogP contribution in [0.2, 0.25) is 5.02 Å². The molecule has 0 bridgehead atoms. The fraction of sp³-hybridized carbons (Fsp3) is 0.611. The number of hydrogen-bond donors (Lipinski definition) is 2. The van der Waals surface area contributed by atoms with Crippen molar-refractivity contribution in [3.63, 3.8) is 0 Å². The van der Waals surface area contributed by atoms with Crippen LogP contribution in [-0.2, 0) is 11.3 Å². The second-order valence-corrected chi connectivity index (χ2v) is 7.26. The van der Waals surface area contributed by atoms with Crippen LogP contribution in [0.4, 0.5) is 4.79 Å². The van der Waals surface area contributed by atoms with E-state index in [0.29, 0.717) is 6.54 Å². The number of halogens is 1.